The second kappa shape index (κ2) is 11.4. The fourth-order valence-corrected chi connectivity index (χ4v) is 4.31. The van der Waals surface area contributed by atoms with Crippen molar-refractivity contribution in [2.24, 2.45) is 0 Å². The average molecular weight is 486 g/mol. The summed E-state index contributed by atoms with van der Waals surface area (Å²) in [5, 5.41) is 9.29. The van der Waals surface area contributed by atoms with Gasteiger partial charge in [0.25, 0.3) is 0 Å². The zero-order chi connectivity index (χ0) is 24.6. The molecule has 0 radical (unpaired) electrons. The normalized spacial score (nSPS) is 10.6. The molecule has 0 aliphatic carbocycles. The maximum Gasteiger partial charge on any atom is 0.248 e. The number of carbonyl (C=O) groups is 1. The molecule has 0 aliphatic rings. The maximum absolute atomic E-state index is 12.4. The molecule has 3 aromatic carbocycles. The van der Waals surface area contributed by atoms with Crippen LogP contribution < -0.4 is 15.6 Å². The van der Waals surface area contributed by atoms with E-state index in [1.54, 1.807) is 7.11 Å². The van der Waals surface area contributed by atoms with Gasteiger partial charge in [-0.15, -0.1) is 10.2 Å². The van der Waals surface area contributed by atoms with Crippen LogP contribution >= 0.6 is 11.8 Å². The Morgan fingerprint density at radius 2 is 1.57 bits per heavy atom. The number of ether oxygens (including phenoxy) is 1. The van der Waals surface area contributed by atoms with Gasteiger partial charge in [-0.25, -0.2) is 0 Å². The first-order valence-electron chi connectivity index (χ1n) is 11.2. The van der Waals surface area contributed by atoms with E-state index in [0.717, 1.165) is 33.8 Å². The molecule has 0 fully saturated rings. The molecule has 0 saturated heterocycles. The summed E-state index contributed by atoms with van der Waals surface area (Å²) in [6.07, 6.45) is 0. The highest BCUT2D eigenvalue weighted by molar-refractivity contribution is 7.99. The Labute approximate surface area is 209 Å². The average Bonchev–Trinajstić information content (AvgIpc) is 3.34. The number of hydrogen-bond donors (Lipinski definition) is 2. The third-order valence-corrected chi connectivity index (χ3v) is 6.37. The summed E-state index contributed by atoms with van der Waals surface area (Å²) in [6.45, 7) is 6.74. The van der Waals surface area contributed by atoms with Gasteiger partial charge < -0.3 is 9.30 Å². The smallest absolute Gasteiger partial charge is 0.248 e. The van der Waals surface area contributed by atoms with Gasteiger partial charge in [-0.1, -0.05) is 72.9 Å². The van der Waals surface area contributed by atoms with E-state index >= 15 is 0 Å². The summed E-state index contributed by atoms with van der Waals surface area (Å²) in [6, 6.07) is 25.8. The van der Waals surface area contributed by atoms with Gasteiger partial charge in [0, 0.05) is 12.1 Å². The van der Waals surface area contributed by atoms with E-state index in [9.17, 15) is 4.79 Å². The Hall–Kier alpha value is -4.04. The number of nitrogens with one attached hydrogen (secondary N) is 2. The molecule has 0 spiro atoms. The van der Waals surface area contributed by atoms with Crippen LogP contribution in [0.5, 0.6) is 5.75 Å². The number of rotatable bonds is 10. The van der Waals surface area contributed by atoms with Crippen LogP contribution in [-0.2, 0) is 11.3 Å². The number of aromatic nitrogens is 3. The van der Waals surface area contributed by atoms with Crippen molar-refractivity contribution in [1.82, 2.24) is 25.6 Å². The molecule has 35 heavy (non-hydrogen) atoms. The summed E-state index contributed by atoms with van der Waals surface area (Å²) >= 11 is 1.33. The Balaban J connectivity index is 1.30. The van der Waals surface area contributed by atoms with Crippen LogP contribution in [0.2, 0.25) is 0 Å². The lowest BCUT2D eigenvalue weighted by Gasteiger charge is -2.12. The van der Waals surface area contributed by atoms with Gasteiger partial charge in [0.15, 0.2) is 11.0 Å². The van der Waals surface area contributed by atoms with Crippen molar-refractivity contribution >= 4 is 23.4 Å². The van der Waals surface area contributed by atoms with Crippen LogP contribution in [0.3, 0.4) is 0 Å². The van der Waals surface area contributed by atoms with Crippen molar-refractivity contribution in [3.05, 3.63) is 91.0 Å². The van der Waals surface area contributed by atoms with E-state index in [-0.39, 0.29) is 11.7 Å². The Morgan fingerprint density at radius 3 is 2.23 bits per heavy atom. The van der Waals surface area contributed by atoms with Gasteiger partial charge in [-0.3, -0.25) is 15.6 Å². The molecule has 0 bridgehead atoms. The summed E-state index contributed by atoms with van der Waals surface area (Å²) in [4.78, 5) is 12.4. The standard InChI is InChI=1S/C27H27N5O2S/c1-4-32-26(23-14-16-24(34-3)17-15-23)30-31-27(32)35-18-25(33)29-28-19(2)20-10-12-22(13-11-20)21-8-6-5-7-9-21/h5-17,28H,2,4,18H2,1,3H3,(H,29,33). The summed E-state index contributed by atoms with van der Waals surface area (Å²) < 4.78 is 7.21. The second-order valence-corrected chi connectivity index (χ2v) is 8.61. The zero-order valence-corrected chi connectivity index (χ0v) is 20.5. The minimum atomic E-state index is -0.186. The molecule has 0 atom stereocenters. The van der Waals surface area contributed by atoms with Crippen molar-refractivity contribution in [1.29, 1.82) is 0 Å². The maximum atomic E-state index is 12.4. The molecule has 0 unspecified atom stereocenters. The molecule has 2 N–H and O–H groups in total. The quantitative estimate of drug-likeness (QED) is 0.242. The van der Waals surface area contributed by atoms with Crippen LogP contribution in [0.4, 0.5) is 0 Å². The zero-order valence-electron chi connectivity index (χ0n) is 19.7. The highest BCUT2D eigenvalue weighted by Crippen LogP contribution is 2.25. The van der Waals surface area contributed by atoms with E-state index in [0.29, 0.717) is 17.4 Å². The minimum absolute atomic E-state index is 0.186. The molecule has 178 valence electrons. The van der Waals surface area contributed by atoms with E-state index in [4.69, 9.17) is 4.74 Å². The molecule has 4 aromatic rings. The number of hydrazine groups is 1. The number of nitrogens with zero attached hydrogens (tertiary/aromatic N) is 3. The van der Waals surface area contributed by atoms with Gasteiger partial charge in [-0.05, 0) is 47.9 Å². The lowest BCUT2D eigenvalue weighted by atomic mass is 10.0. The van der Waals surface area contributed by atoms with Crippen molar-refractivity contribution < 1.29 is 9.53 Å². The SMILES string of the molecule is C=C(NNC(=O)CSc1nnc(-c2ccc(OC)cc2)n1CC)c1ccc(-c2ccccc2)cc1. The molecule has 8 heteroatoms. The highest BCUT2D eigenvalue weighted by atomic mass is 32.2. The largest absolute Gasteiger partial charge is 0.497 e. The molecule has 1 amide bonds. The van der Waals surface area contributed by atoms with Crippen LogP contribution in [0.15, 0.2) is 90.6 Å². The Bertz CT molecular complexity index is 1290. The fourth-order valence-electron chi connectivity index (χ4n) is 3.51. The topological polar surface area (TPSA) is 81.1 Å². The number of amides is 1. The number of benzene rings is 3. The van der Waals surface area contributed by atoms with Crippen LogP contribution in [0, 0.1) is 0 Å². The summed E-state index contributed by atoms with van der Waals surface area (Å²) in [5.41, 5.74) is 10.3. The third-order valence-electron chi connectivity index (χ3n) is 5.41. The molecular weight excluding hydrogens is 458 g/mol. The van der Waals surface area contributed by atoms with Crippen molar-refractivity contribution in [2.45, 2.75) is 18.6 Å². The fraction of sp³-hybridized carbons (Fsp3) is 0.148. The first-order chi connectivity index (χ1) is 17.1. The van der Waals surface area contributed by atoms with Crippen molar-refractivity contribution in [3.8, 4) is 28.3 Å². The Morgan fingerprint density at radius 1 is 0.914 bits per heavy atom. The van der Waals surface area contributed by atoms with E-state index in [1.807, 2.05) is 78.2 Å². The highest BCUT2D eigenvalue weighted by Gasteiger charge is 2.15. The van der Waals surface area contributed by atoms with Crippen molar-refractivity contribution in [2.75, 3.05) is 12.9 Å². The van der Waals surface area contributed by atoms with Gasteiger partial charge in [0.05, 0.1) is 18.6 Å². The predicted molar refractivity (Wildman–Crippen MR) is 141 cm³/mol. The molecule has 1 heterocycles. The Kier molecular flexibility index (Phi) is 7.84. The van der Waals surface area contributed by atoms with Gasteiger partial charge >= 0.3 is 0 Å². The number of carbonyl (C=O) groups excluding carboxylic acids is 1. The molecule has 1 aromatic heterocycles. The molecule has 0 aliphatic heterocycles. The first kappa shape index (κ1) is 24.1. The predicted octanol–water partition coefficient (Wildman–Crippen LogP) is 5.02. The lowest BCUT2D eigenvalue weighted by Crippen LogP contribution is -2.37. The second-order valence-electron chi connectivity index (χ2n) is 7.66. The van der Waals surface area contributed by atoms with Crippen LogP contribution in [-0.4, -0.2) is 33.5 Å². The van der Waals surface area contributed by atoms with Gasteiger partial charge in [0.2, 0.25) is 5.91 Å². The van der Waals surface area contributed by atoms with Crippen LogP contribution in [0.25, 0.3) is 28.2 Å². The van der Waals surface area contributed by atoms with E-state index in [2.05, 4.69) is 39.8 Å². The third kappa shape index (κ3) is 5.91. The van der Waals surface area contributed by atoms with Gasteiger partial charge in [-0.2, -0.15) is 0 Å². The minimum Gasteiger partial charge on any atom is -0.497 e. The summed E-state index contributed by atoms with van der Waals surface area (Å²) in [5.74, 6) is 1.54. The van der Waals surface area contributed by atoms with Gasteiger partial charge in [0.1, 0.15) is 5.75 Å². The van der Waals surface area contributed by atoms with Crippen molar-refractivity contribution in [3.63, 3.8) is 0 Å². The number of thioether (sulfide) groups is 1. The van der Waals surface area contributed by atoms with Crippen LogP contribution in [0.1, 0.15) is 12.5 Å². The monoisotopic (exact) mass is 485 g/mol. The molecule has 0 saturated carbocycles. The molecule has 7 nitrogen and oxygen atoms in total. The lowest BCUT2D eigenvalue weighted by molar-refractivity contribution is -0.119. The number of methoxy groups -OCH3 is 1. The molecular formula is C27H27N5O2S. The van der Waals surface area contributed by atoms with E-state index < -0.39 is 0 Å². The summed E-state index contributed by atoms with van der Waals surface area (Å²) in [7, 11) is 1.63. The van der Waals surface area contributed by atoms with E-state index in [1.165, 1.54) is 11.8 Å². The molecule has 4 rings (SSSR count). The number of hydrogen-bond acceptors (Lipinski definition) is 6. The first-order valence-corrected chi connectivity index (χ1v) is 12.2.